The highest BCUT2D eigenvalue weighted by Crippen LogP contribution is 2.23. The molecule has 2 amide bonds. The first-order valence-electron chi connectivity index (χ1n) is 8.05. The number of piperidine rings is 1. The average molecular weight is 508 g/mol. The van der Waals surface area contributed by atoms with Crippen LogP contribution < -0.4 is 10.7 Å². The molecule has 138 valence electrons. The number of nitrogens with zero attached hydrogens (tertiary/aromatic N) is 1. The summed E-state index contributed by atoms with van der Waals surface area (Å²) in [6, 6.07) is 4.70. The van der Waals surface area contributed by atoms with Crippen LogP contribution in [0.25, 0.3) is 10.9 Å². The largest absolute Gasteiger partial charge is 0.352 e. The fourth-order valence-electron chi connectivity index (χ4n) is 3.02. The third-order valence-electron chi connectivity index (χ3n) is 4.37. The standard InChI is InChI=1S/C17H16Cl2IN3O3/c18-8-16(25)21-9-1-3-23(4-2-9)17(26)14-7-15(24)10-5-11(19)12(20)6-13(10)22-14/h5-7,9H,1-4,8H2,(H,21,25)(H,22,24). The van der Waals surface area contributed by atoms with Crippen molar-refractivity contribution in [3.8, 4) is 0 Å². The van der Waals surface area contributed by atoms with Crippen LogP contribution in [0.5, 0.6) is 0 Å². The first-order chi connectivity index (χ1) is 12.4. The van der Waals surface area contributed by atoms with Gasteiger partial charge in [-0.25, -0.2) is 0 Å². The van der Waals surface area contributed by atoms with Crippen molar-refractivity contribution in [3.05, 3.63) is 42.7 Å². The molecular weight excluding hydrogens is 492 g/mol. The molecule has 0 aliphatic carbocycles. The van der Waals surface area contributed by atoms with Crippen molar-refractivity contribution < 1.29 is 9.59 Å². The maximum Gasteiger partial charge on any atom is 0.270 e. The number of hydrogen-bond acceptors (Lipinski definition) is 3. The molecule has 0 bridgehead atoms. The van der Waals surface area contributed by atoms with Crippen LogP contribution in [0.4, 0.5) is 0 Å². The molecule has 1 aromatic heterocycles. The van der Waals surface area contributed by atoms with Crippen LogP contribution in [0.15, 0.2) is 23.0 Å². The Kier molecular flexibility index (Phi) is 6.09. The van der Waals surface area contributed by atoms with Gasteiger partial charge in [0.25, 0.3) is 5.91 Å². The number of hydrogen-bond donors (Lipinski definition) is 2. The van der Waals surface area contributed by atoms with E-state index in [0.29, 0.717) is 41.9 Å². The molecule has 26 heavy (non-hydrogen) atoms. The minimum atomic E-state index is -0.246. The molecule has 0 radical (unpaired) electrons. The zero-order valence-electron chi connectivity index (χ0n) is 13.7. The van der Waals surface area contributed by atoms with E-state index in [-0.39, 0.29) is 34.9 Å². The minimum absolute atomic E-state index is 0.0182. The summed E-state index contributed by atoms with van der Waals surface area (Å²) in [4.78, 5) is 41.2. The molecule has 0 atom stereocenters. The van der Waals surface area contributed by atoms with E-state index in [1.807, 2.05) is 0 Å². The van der Waals surface area contributed by atoms with Gasteiger partial charge in [-0.3, -0.25) is 14.4 Å². The predicted molar refractivity (Wildman–Crippen MR) is 110 cm³/mol. The Morgan fingerprint density at radius 2 is 1.96 bits per heavy atom. The Balaban J connectivity index is 1.77. The number of carbonyl (C=O) groups excluding carboxylic acids is 2. The number of halogens is 3. The fraction of sp³-hybridized carbons (Fsp3) is 0.353. The van der Waals surface area contributed by atoms with Crippen LogP contribution in [0.2, 0.25) is 5.02 Å². The van der Waals surface area contributed by atoms with Crippen LogP contribution >= 0.6 is 45.8 Å². The summed E-state index contributed by atoms with van der Waals surface area (Å²) in [6.45, 7) is 1.01. The lowest BCUT2D eigenvalue weighted by atomic mass is 10.0. The Bertz CT molecular complexity index is 923. The molecule has 2 aromatic rings. The maximum atomic E-state index is 12.8. The maximum absolute atomic E-state index is 12.8. The highest BCUT2D eigenvalue weighted by Gasteiger charge is 2.25. The number of aromatic nitrogens is 1. The summed E-state index contributed by atoms with van der Waals surface area (Å²) in [5.74, 6) is -0.500. The lowest BCUT2D eigenvalue weighted by Gasteiger charge is -2.32. The van der Waals surface area contributed by atoms with E-state index < -0.39 is 0 Å². The third-order valence-corrected chi connectivity index (χ3v) is 6.14. The summed E-state index contributed by atoms with van der Waals surface area (Å²) in [7, 11) is 0. The number of alkyl halides is 1. The van der Waals surface area contributed by atoms with Crippen molar-refractivity contribution in [1.29, 1.82) is 0 Å². The van der Waals surface area contributed by atoms with Crippen LogP contribution in [0.1, 0.15) is 23.3 Å². The molecule has 0 saturated carbocycles. The van der Waals surface area contributed by atoms with E-state index in [1.54, 1.807) is 17.0 Å². The lowest BCUT2D eigenvalue weighted by molar-refractivity contribution is -0.119. The molecule has 3 rings (SSSR count). The second kappa shape index (κ2) is 8.14. The van der Waals surface area contributed by atoms with E-state index in [4.69, 9.17) is 23.2 Å². The average Bonchev–Trinajstić information content (AvgIpc) is 2.63. The number of carbonyl (C=O) groups is 2. The Hall–Kier alpha value is -1.32. The highest BCUT2D eigenvalue weighted by atomic mass is 127. The molecule has 2 heterocycles. The van der Waals surface area contributed by atoms with Crippen molar-refractivity contribution in [2.75, 3.05) is 19.0 Å². The van der Waals surface area contributed by atoms with Gasteiger partial charge in [0, 0.05) is 34.2 Å². The number of rotatable bonds is 3. The molecule has 6 nitrogen and oxygen atoms in total. The summed E-state index contributed by atoms with van der Waals surface area (Å²) in [5.41, 5.74) is 0.590. The topological polar surface area (TPSA) is 82.3 Å². The van der Waals surface area contributed by atoms with Gasteiger partial charge in [-0.15, -0.1) is 11.6 Å². The number of H-pyrrole nitrogens is 1. The highest BCUT2D eigenvalue weighted by molar-refractivity contribution is 14.1. The van der Waals surface area contributed by atoms with Crippen molar-refractivity contribution in [2.45, 2.75) is 18.9 Å². The van der Waals surface area contributed by atoms with Crippen LogP contribution in [0, 0.1) is 3.57 Å². The molecule has 1 aliphatic heterocycles. The van der Waals surface area contributed by atoms with E-state index in [2.05, 4.69) is 32.9 Å². The molecule has 0 unspecified atom stereocenters. The van der Waals surface area contributed by atoms with Gasteiger partial charge in [0.15, 0.2) is 5.43 Å². The van der Waals surface area contributed by atoms with Crippen molar-refractivity contribution in [3.63, 3.8) is 0 Å². The smallest absolute Gasteiger partial charge is 0.270 e. The lowest BCUT2D eigenvalue weighted by Crippen LogP contribution is -2.47. The quantitative estimate of drug-likeness (QED) is 0.495. The summed E-state index contributed by atoms with van der Waals surface area (Å²) < 4.78 is 0.799. The van der Waals surface area contributed by atoms with Crippen molar-refractivity contribution in [2.24, 2.45) is 0 Å². The number of benzene rings is 1. The van der Waals surface area contributed by atoms with Crippen LogP contribution in [-0.4, -0.2) is 46.7 Å². The van der Waals surface area contributed by atoms with Gasteiger partial charge in [0.05, 0.1) is 10.5 Å². The Morgan fingerprint density at radius 1 is 1.27 bits per heavy atom. The zero-order valence-corrected chi connectivity index (χ0v) is 17.3. The van der Waals surface area contributed by atoms with Crippen molar-refractivity contribution >= 4 is 68.5 Å². The molecular formula is C17H16Cl2IN3O3. The molecule has 9 heteroatoms. The minimum Gasteiger partial charge on any atom is -0.352 e. The van der Waals surface area contributed by atoms with Crippen molar-refractivity contribution in [1.82, 2.24) is 15.2 Å². The van der Waals surface area contributed by atoms with Gasteiger partial charge in [-0.2, -0.15) is 0 Å². The van der Waals surface area contributed by atoms with E-state index >= 15 is 0 Å². The molecule has 1 aliphatic rings. The number of pyridine rings is 1. The van der Waals surface area contributed by atoms with Crippen LogP contribution in [0.3, 0.4) is 0 Å². The first kappa shape index (κ1) is 19.4. The normalized spacial score (nSPS) is 15.3. The fourth-order valence-corrected chi connectivity index (χ4v) is 3.73. The van der Waals surface area contributed by atoms with Gasteiger partial charge in [0.1, 0.15) is 11.6 Å². The number of likely N-dealkylation sites (tertiary alicyclic amines) is 1. The molecule has 1 aromatic carbocycles. The number of amides is 2. The predicted octanol–water partition coefficient (Wildman–Crippen LogP) is 2.75. The summed E-state index contributed by atoms with van der Waals surface area (Å²) >= 11 is 13.6. The molecule has 0 spiro atoms. The van der Waals surface area contributed by atoms with E-state index in [0.717, 1.165) is 3.57 Å². The zero-order chi connectivity index (χ0) is 18.8. The first-order valence-corrected chi connectivity index (χ1v) is 10.0. The molecule has 1 saturated heterocycles. The van der Waals surface area contributed by atoms with Gasteiger partial charge in [-0.1, -0.05) is 11.6 Å². The Labute approximate surface area is 173 Å². The van der Waals surface area contributed by atoms with E-state index in [1.165, 1.54) is 6.07 Å². The van der Waals surface area contributed by atoms with Gasteiger partial charge in [0.2, 0.25) is 5.91 Å². The summed E-state index contributed by atoms with van der Waals surface area (Å²) in [5, 5.41) is 3.79. The SMILES string of the molecule is O=C(CCl)NC1CCN(C(=O)c2cc(=O)c3cc(Cl)c(I)cc3[nH]2)CC1. The van der Waals surface area contributed by atoms with Gasteiger partial charge in [-0.05, 0) is 47.6 Å². The number of nitrogens with one attached hydrogen (secondary N) is 2. The third kappa shape index (κ3) is 4.15. The van der Waals surface area contributed by atoms with E-state index in [9.17, 15) is 14.4 Å². The van der Waals surface area contributed by atoms with Crippen LogP contribution in [-0.2, 0) is 4.79 Å². The second-order valence-electron chi connectivity index (χ2n) is 6.13. The van der Waals surface area contributed by atoms with Gasteiger partial charge >= 0.3 is 0 Å². The summed E-state index contributed by atoms with van der Waals surface area (Å²) in [6.07, 6.45) is 1.30. The monoisotopic (exact) mass is 507 g/mol. The van der Waals surface area contributed by atoms with Gasteiger partial charge < -0.3 is 15.2 Å². The number of aromatic amines is 1. The second-order valence-corrected chi connectivity index (χ2v) is 7.96. The number of fused-ring (bicyclic) bond motifs is 1. The molecule has 1 fully saturated rings. The molecule has 2 N–H and O–H groups in total. The Morgan fingerprint density at radius 3 is 2.62 bits per heavy atom.